The zero-order chi connectivity index (χ0) is 15.4. The van der Waals surface area contributed by atoms with E-state index in [4.69, 9.17) is 26.8 Å². The largest absolute Gasteiger partial charge is 0.493 e. The number of aromatic nitrogens is 2. The Balaban J connectivity index is 2.13. The molecule has 0 saturated heterocycles. The summed E-state index contributed by atoms with van der Waals surface area (Å²) < 4.78 is 12.9. The average molecular weight is 310 g/mol. The van der Waals surface area contributed by atoms with E-state index in [1.165, 1.54) is 0 Å². The van der Waals surface area contributed by atoms with Crippen molar-refractivity contribution in [3.63, 3.8) is 0 Å². The summed E-state index contributed by atoms with van der Waals surface area (Å²) in [6.07, 6.45) is 1.68. The highest BCUT2D eigenvalue weighted by atomic mass is 35.5. The summed E-state index contributed by atoms with van der Waals surface area (Å²) >= 11 is 5.93. The highest BCUT2D eigenvalue weighted by molar-refractivity contribution is 6.30. The Morgan fingerprint density at radius 2 is 2.14 bits per heavy atom. The molecule has 2 rings (SSSR count). The van der Waals surface area contributed by atoms with Crippen LogP contribution in [0.25, 0.3) is 0 Å². The Morgan fingerprint density at radius 1 is 1.38 bits per heavy atom. The summed E-state index contributed by atoms with van der Waals surface area (Å²) in [5.41, 5.74) is 7.07. The smallest absolute Gasteiger partial charge is 0.161 e. The van der Waals surface area contributed by atoms with E-state index in [0.717, 1.165) is 5.69 Å². The molecule has 0 saturated carbocycles. The number of hydrogen-bond donors (Lipinski definition) is 1. The van der Waals surface area contributed by atoms with Crippen LogP contribution < -0.4 is 15.2 Å². The van der Waals surface area contributed by atoms with Crippen molar-refractivity contribution < 1.29 is 9.47 Å². The molecular weight excluding hydrogens is 290 g/mol. The van der Waals surface area contributed by atoms with Gasteiger partial charge in [0, 0.05) is 11.1 Å². The third kappa shape index (κ3) is 3.68. The molecule has 0 aliphatic heterocycles. The molecule has 0 bridgehead atoms. The topological polar surface area (TPSA) is 62.3 Å². The Morgan fingerprint density at radius 3 is 2.76 bits per heavy atom. The molecule has 6 heteroatoms. The maximum Gasteiger partial charge on any atom is 0.161 e. The van der Waals surface area contributed by atoms with E-state index < -0.39 is 0 Å². The first kappa shape index (κ1) is 15.7. The molecule has 0 fully saturated rings. The minimum Gasteiger partial charge on any atom is -0.493 e. The highest BCUT2D eigenvalue weighted by Crippen LogP contribution is 2.27. The predicted molar refractivity (Wildman–Crippen MR) is 83.0 cm³/mol. The highest BCUT2D eigenvalue weighted by Gasteiger charge is 2.21. The van der Waals surface area contributed by atoms with Gasteiger partial charge < -0.3 is 15.2 Å². The SMILES string of the molecule is COc1cnn(C(C)C)c1C(N)COc1cccc(Cl)c1. The zero-order valence-corrected chi connectivity index (χ0v) is 13.2. The standard InChI is InChI=1S/C15H20ClN3O2/c1-10(2)19-15(14(20-3)8-18-19)13(17)9-21-12-6-4-5-11(16)7-12/h4-8,10,13H,9,17H2,1-3H3. The van der Waals surface area contributed by atoms with Crippen molar-refractivity contribution in [2.24, 2.45) is 5.73 Å². The first-order valence-electron chi connectivity index (χ1n) is 6.78. The summed E-state index contributed by atoms with van der Waals surface area (Å²) in [5, 5.41) is 4.94. The van der Waals surface area contributed by atoms with E-state index >= 15 is 0 Å². The number of hydrogen-bond acceptors (Lipinski definition) is 4. The van der Waals surface area contributed by atoms with Gasteiger partial charge in [0.15, 0.2) is 5.75 Å². The summed E-state index contributed by atoms with van der Waals surface area (Å²) in [6.45, 7) is 4.40. The molecule has 5 nitrogen and oxygen atoms in total. The molecule has 2 aromatic rings. The summed E-state index contributed by atoms with van der Waals surface area (Å²) in [5.74, 6) is 1.36. The molecule has 0 radical (unpaired) electrons. The van der Waals surface area contributed by atoms with Gasteiger partial charge in [-0.2, -0.15) is 5.10 Å². The van der Waals surface area contributed by atoms with Gasteiger partial charge in [-0.25, -0.2) is 0 Å². The summed E-state index contributed by atoms with van der Waals surface area (Å²) in [4.78, 5) is 0. The van der Waals surface area contributed by atoms with Crippen LogP contribution in [0.5, 0.6) is 11.5 Å². The van der Waals surface area contributed by atoms with Crippen molar-refractivity contribution in [3.05, 3.63) is 41.2 Å². The lowest BCUT2D eigenvalue weighted by atomic mass is 10.2. The van der Waals surface area contributed by atoms with Crippen LogP contribution >= 0.6 is 11.6 Å². The lowest BCUT2D eigenvalue weighted by Gasteiger charge is -2.18. The number of nitrogens with two attached hydrogens (primary N) is 1. The molecule has 0 aliphatic carbocycles. The van der Waals surface area contributed by atoms with E-state index in [0.29, 0.717) is 23.1 Å². The first-order valence-corrected chi connectivity index (χ1v) is 7.16. The maximum atomic E-state index is 6.24. The molecule has 114 valence electrons. The van der Waals surface area contributed by atoms with Crippen molar-refractivity contribution in [1.29, 1.82) is 0 Å². The van der Waals surface area contributed by atoms with Gasteiger partial charge in [-0.05, 0) is 32.0 Å². The summed E-state index contributed by atoms with van der Waals surface area (Å²) in [6, 6.07) is 7.08. The second-order valence-electron chi connectivity index (χ2n) is 5.01. The molecule has 1 unspecified atom stereocenters. The van der Waals surface area contributed by atoms with Gasteiger partial charge in [0.2, 0.25) is 0 Å². The Bertz CT molecular complexity index is 598. The number of rotatable bonds is 6. The molecule has 0 amide bonds. The predicted octanol–water partition coefficient (Wildman–Crippen LogP) is 3.20. The van der Waals surface area contributed by atoms with E-state index in [1.807, 2.05) is 30.7 Å². The maximum absolute atomic E-state index is 6.24. The molecule has 0 aliphatic rings. The van der Waals surface area contributed by atoms with Crippen LogP contribution in [0.2, 0.25) is 5.02 Å². The van der Waals surface area contributed by atoms with E-state index in [1.54, 1.807) is 25.4 Å². The number of benzene rings is 1. The lowest BCUT2D eigenvalue weighted by molar-refractivity contribution is 0.277. The van der Waals surface area contributed by atoms with Crippen molar-refractivity contribution in [1.82, 2.24) is 9.78 Å². The van der Waals surface area contributed by atoms with Crippen LogP contribution in [0.1, 0.15) is 31.6 Å². The molecular formula is C15H20ClN3O2. The van der Waals surface area contributed by atoms with Crippen molar-refractivity contribution in [3.8, 4) is 11.5 Å². The molecule has 1 aromatic carbocycles. The molecule has 1 heterocycles. The van der Waals surface area contributed by atoms with Crippen LogP contribution in [0, 0.1) is 0 Å². The van der Waals surface area contributed by atoms with Gasteiger partial charge in [-0.3, -0.25) is 4.68 Å². The van der Waals surface area contributed by atoms with Crippen LogP contribution in [-0.2, 0) is 0 Å². The normalized spacial score (nSPS) is 12.5. The molecule has 2 N–H and O–H groups in total. The van der Waals surface area contributed by atoms with Gasteiger partial charge in [0.1, 0.15) is 18.1 Å². The van der Waals surface area contributed by atoms with E-state index in [9.17, 15) is 0 Å². The van der Waals surface area contributed by atoms with E-state index in [2.05, 4.69) is 5.10 Å². The number of nitrogens with zero attached hydrogens (tertiary/aromatic N) is 2. The van der Waals surface area contributed by atoms with Crippen molar-refractivity contribution in [2.45, 2.75) is 25.9 Å². The fraction of sp³-hybridized carbons (Fsp3) is 0.400. The van der Waals surface area contributed by atoms with Gasteiger partial charge in [0.05, 0.1) is 19.3 Å². The molecule has 0 spiro atoms. The van der Waals surface area contributed by atoms with Gasteiger partial charge in [-0.15, -0.1) is 0 Å². The minimum absolute atomic E-state index is 0.195. The Hall–Kier alpha value is -1.72. The fourth-order valence-corrected chi connectivity index (χ4v) is 2.28. The number of methoxy groups -OCH3 is 1. The second-order valence-corrected chi connectivity index (χ2v) is 5.45. The van der Waals surface area contributed by atoms with Crippen LogP contribution in [0.4, 0.5) is 0 Å². The minimum atomic E-state index is -0.344. The number of ether oxygens (including phenoxy) is 2. The third-order valence-corrected chi connectivity index (χ3v) is 3.32. The van der Waals surface area contributed by atoms with Crippen molar-refractivity contribution in [2.75, 3.05) is 13.7 Å². The molecule has 1 aromatic heterocycles. The average Bonchev–Trinajstić information content (AvgIpc) is 2.89. The van der Waals surface area contributed by atoms with Crippen molar-refractivity contribution >= 4 is 11.6 Å². The quantitative estimate of drug-likeness (QED) is 0.890. The summed E-state index contributed by atoms with van der Waals surface area (Å²) in [7, 11) is 1.61. The monoisotopic (exact) mass is 309 g/mol. The van der Waals surface area contributed by atoms with Crippen LogP contribution in [0.3, 0.4) is 0 Å². The van der Waals surface area contributed by atoms with E-state index in [-0.39, 0.29) is 12.1 Å². The van der Waals surface area contributed by atoms with Gasteiger partial charge >= 0.3 is 0 Å². The zero-order valence-electron chi connectivity index (χ0n) is 12.4. The van der Waals surface area contributed by atoms with Crippen LogP contribution in [-0.4, -0.2) is 23.5 Å². The Kier molecular flexibility index (Phi) is 5.09. The molecule has 1 atom stereocenters. The fourth-order valence-electron chi connectivity index (χ4n) is 2.10. The Labute approximate surface area is 129 Å². The molecule has 21 heavy (non-hydrogen) atoms. The first-order chi connectivity index (χ1) is 10.0. The van der Waals surface area contributed by atoms with Crippen LogP contribution in [0.15, 0.2) is 30.5 Å². The number of halogens is 1. The second kappa shape index (κ2) is 6.83. The van der Waals surface area contributed by atoms with Gasteiger partial charge in [0.25, 0.3) is 0 Å². The lowest BCUT2D eigenvalue weighted by Crippen LogP contribution is -2.24. The third-order valence-electron chi connectivity index (χ3n) is 3.08. The van der Waals surface area contributed by atoms with Gasteiger partial charge in [-0.1, -0.05) is 17.7 Å².